The van der Waals surface area contributed by atoms with Crippen molar-refractivity contribution < 1.29 is 19.4 Å². The average Bonchev–Trinajstić information content (AvgIpc) is 2.36. The van der Waals surface area contributed by atoms with Gasteiger partial charge in [-0.3, -0.25) is 9.59 Å². The van der Waals surface area contributed by atoms with Crippen molar-refractivity contribution in [2.45, 2.75) is 33.1 Å². The molecule has 1 aliphatic rings. The van der Waals surface area contributed by atoms with E-state index in [4.69, 9.17) is 4.74 Å². The van der Waals surface area contributed by atoms with E-state index in [-0.39, 0.29) is 47.6 Å². The van der Waals surface area contributed by atoms with Gasteiger partial charge in [0.2, 0.25) is 0 Å². The number of ketones is 2. The van der Waals surface area contributed by atoms with Crippen LogP contribution >= 0.6 is 0 Å². The highest BCUT2D eigenvalue weighted by atomic mass is 16.5. The molecule has 1 saturated carbocycles. The first-order valence-corrected chi connectivity index (χ1v) is 6.94. The Kier molecular flexibility index (Phi) is 4.16. The van der Waals surface area contributed by atoms with Gasteiger partial charge >= 0.3 is 0 Å². The highest BCUT2D eigenvalue weighted by molar-refractivity contribution is 6.22. The molecule has 0 atom stereocenters. The second-order valence-electron chi connectivity index (χ2n) is 6.21. The minimum absolute atomic E-state index is 0.0304. The number of Topliss-reactive ketones (excluding diaryl/α,β-unsaturated/α-hetero) is 2. The van der Waals surface area contributed by atoms with Crippen LogP contribution in [0.2, 0.25) is 0 Å². The molecule has 21 heavy (non-hydrogen) atoms. The molecule has 1 N–H and O–H groups in total. The van der Waals surface area contributed by atoms with Crippen molar-refractivity contribution in [3.63, 3.8) is 0 Å². The fourth-order valence-corrected chi connectivity index (χ4v) is 2.65. The minimum atomic E-state index is -0.325. The molecule has 112 valence electrons. The number of benzene rings is 1. The van der Waals surface area contributed by atoms with Gasteiger partial charge in [0.05, 0.1) is 12.7 Å². The van der Waals surface area contributed by atoms with E-state index in [2.05, 4.69) is 0 Å². The Labute approximate surface area is 124 Å². The zero-order chi connectivity index (χ0) is 15.6. The fraction of sp³-hybridized carbons (Fsp3) is 0.412. The summed E-state index contributed by atoms with van der Waals surface area (Å²) >= 11 is 0. The number of carbonyl (C=O) groups is 2. The fourth-order valence-electron chi connectivity index (χ4n) is 2.65. The normalized spacial score (nSPS) is 17.8. The number of allylic oxidation sites excluding steroid dienone is 2. The molecule has 0 aliphatic heterocycles. The number of aliphatic hydroxyl groups excluding tert-OH is 1. The number of rotatable bonds is 3. The van der Waals surface area contributed by atoms with Gasteiger partial charge in [0.15, 0.2) is 11.6 Å². The van der Waals surface area contributed by atoms with Crippen LogP contribution in [0, 0.1) is 5.41 Å². The van der Waals surface area contributed by atoms with Gasteiger partial charge in [0.25, 0.3) is 0 Å². The first kappa shape index (κ1) is 15.3. The maximum atomic E-state index is 12.1. The van der Waals surface area contributed by atoms with Crippen LogP contribution in [0.5, 0.6) is 5.75 Å². The van der Waals surface area contributed by atoms with Crippen molar-refractivity contribution in [2.24, 2.45) is 5.41 Å². The van der Waals surface area contributed by atoms with Gasteiger partial charge in [-0.05, 0) is 23.1 Å². The number of ether oxygens (including phenoxy) is 1. The molecule has 0 unspecified atom stereocenters. The Bertz CT molecular complexity index is 589. The van der Waals surface area contributed by atoms with E-state index in [9.17, 15) is 14.7 Å². The third-order valence-electron chi connectivity index (χ3n) is 3.63. The molecule has 0 aromatic heterocycles. The predicted molar refractivity (Wildman–Crippen MR) is 79.4 cm³/mol. The highest BCUT2D eigenvalue weighted by Crippen LogP contribution is 2.34. The molecule has 2 rings (SSSR count). The molecule has 0 heterocycles. The third kappa shape index (κ3) is 3.51. The Morgan fingerprint density at radius 3 is 2.43 bits per heavy atom. The van der Waals surface area contributed by atoms with Crippen LogP contribution in [0.15, 0.2) is 35.6 Å². The molecule has 0 saturated heterocycles. The highest BCUT2D eigenvalue weighted by Gasteiger charge is 2.37. The lowest BCUT2D eigenvalue weighted by molar-refractivity contribution is -0.127. The monoisotopic (exact) mass is 288 g/mol. The van der Waals surface area contributed by atoms with Crippen LogP contribution in [-0.2, 0) is 16.0 Å². The van der Waals surface area contributed by atoms with Crippen molar-refractivity contribution in [1.82, 2.24) is 0 Å². The van der Waals surface area contributed by atoms with Gasteiger partial charge in [-0.15, -0.1) is 0 Å². The Hall–Kier alpha value is -2.10. The molecule has 1 aliphatic carbocycles. The molecule has 1 aromatic carbocycles. The van der Waals surface area contributed by atoms with Gasteiger partial charge in [0, 0.05) is 19.3 Å². The molecule has 4 nitrogen and oxygen atoms in total. The third-order valence-corrected chi connectivity index (χ3v) is 3.63. The second kappa shape index (κ2) is 5.72. The van der Waals surface area contributed by atoms with E-state index in [0.717, 1.165) is 5.56 Å². The predicted octanol–water partition coefficient (Wildman–Crippen LogP) is 3.01. The lowest BCUT2D eigenvalue weighted by atomic mass is 9.73. The second-order valence-corrected chi connectivity index (χ2v) is 6.21. The summed E-state index contributed by atoms with van der Waals surface area (Å²) in [6.45, 7) is 3.78. The molecule has 1 fully saturated rings. The Balaban J connectivity index is 2.26. The molecular weight excluding hydrogens is 268 g/mol. The van der Waals surface area contributed by atoms with Crippen molar-refractivity contribution >= 4 is 11.6 Å². The zero-order valence-electron chi connectivity index (χ0n) is 12.6. The van der Waals surface area contributed by atoms with Crippen molar-refractivity contribution in [2.75, 3.05) is 7.11 Å². The summed E-state index contributed by atoms with van der Waals surface area (Å²) in [6.07, 6.45) is 0.733. The maximum absolute atomic E-state index is 12.1. The van der Waals surface area contributed by atoms with E-state index in [1.54, 1.807) is 25.3 Å². The first-order chi connectivity index (χ1) is 9.82. The summed E-state index contributed by atoms with van der Waals surface area (Å²) in [6, 6.07) is 7.20. The van der Waals surface area contributed by atoms with E-state index in [1.165, 1.54) is 0 Å². The van der Waals surface area contributed by atoms with Gasteiger partial charge in [-0.25, -0.2) is 0 Å². The van der Waals surface area contributed by atoms with Crippen molar-refractivity contribution in [3.05, 3.63) is 41.2 Å². The number of hydrogen-bond acceptors (Lipinski definition) is 4. The molecular formula is C17H20O4. The average molecular weight is 288 g/mol. The number of aliphatic hydroxyl groups is 1. The van der Waals surface area contributed by atoms with Gasteiger partial charge in [-0.2, -0.15) is 0 Å². The topological polar surface area (TPSA) is 63.6 Å². The van der Waals surface area contributed by atoms with E-state index in [1.807, 2.05) is 19.9 Å². The van der Waals surface area contributed by atoms with Gasteiger partial charge in [0.1, 0.15) is 11.5 Å². The van der Waals surface area contributed by atoms with Crippen molar-refractivity contribution in [1.29, 1.82) is 0 Å². The van der Waals surface area contributed by atoms with Gasteiger partial charge < -0.3 is 9.84 Å². The number of hydrogen-bond donors (Lipinski definition) is 1. The quantitative estimate of drug-likeness (QED) is 0.527. The molecule has 0 radical (unpaired) electrons. The first-order valence-electron chi connectivity index (χ1n) is 6.94. The summed E-state index contributed by atoms with van der Waals surface area (Å²) in [7, 11) is 1.56. The summed E-state index contributed by atoms with van der Waals surface area (Å²) in [5.41, 5.74) is 0.440. The maximum Gasteiger partial charge on any atom is 0.170 e. The summed E-state index contributed by atoms with van der Waals surface area (Å²) < 4.78 is 5.12. The van der Waals surface area contributed by atoms with E-state index in [0.29, 0.717) is 5.75 Å². The standard InChI is InChI=1S/C17H20O4/c1-17(2)9-14(19)16(15(20)10-17)13(18)8-11-5-4-6-12(7-11)21-3/h4-7,18H,8-10H2,1-3H3. The van der Waals surface area contributed by atoms with E-state index >= 15 is 0 Å². The van der Waals surface area contributed by atoms with Crippen LogP contribution in [0.4, 0.5) is 0 Å². The zero-order valence-corrected chi connectivity index (χ0v) is 12.6. The minimum Gasteiger partial charge on any atom is -0.511 e. The molecule has 0 spiro atoms. The largest absolute Gasteiger partial charge is 0.511 e. The number of methoxy groups -OCH3 is 1. The van der Waals surface area contributed by atoms with Crippen LogP contribution in [0.1, 0.15) is 32.3 Å². The van der Waals surface area contributed by atoms with Crippen LogP contribution < -0.4 is 4.74 Å². The van der Waals surface area contributed by atoms with E-state index < -0.39 is 0 Å². The lowest BCUT2D eigenvalue weighted by Gasteiger charge is -2.28. The smallest absolute Gasteiger partial charge is 0.170 e. The Morgan fingerprint density at radius 1 is 1.24 bits per heavy atom. The lowest BCUT2D eigenvalue weighted by Crippen LogP contribution is -2.32. The molecule has 0 amide bonds. The summed E-state index contributed by atoms with van der Waals surface area (Å²) in [4.78, 5) is 24.2. The van der Waals surface area contributed by atoms with Crippen molar-refractivity contribution in [3.8, 4) is 5.75 Å². The SMILES string of the molecule is COc1cccc(CC(O)=C2C(=O)CC(C)(C)CC2=O)c1. The Morgan fingerprint density at radius 2 is 1.86 bits per heavy atom. The molecule has 0 bridgehead atoms. The summed E-state index contributed by atoms with van der Waals surface area (Å²) in [5.74, 6) is -0.00484. The molecule has 1 aromatic rings. The van der Waals surface area contributed by atoms with Gasteiger partial charge in [-0.1, -0.05) is 26.0 Å². The van der Waals surface area contributed by atoms with Crippen LogP contribution in [-0.4, -0.2) is 23.8 Å². The summed E-state index contributed by atoms with van der Waals surface area (Å²) in [5, 5.41) is 10.2. The van der Waals surface area contributed by atoms with Crippen LogP contribution in [0.25, 0.3) is 0 Å². The number of carbonyl (C=O) groups excluding carboxylic acids is 2. The van der Waals surface area contributed by atoms with Crippen LogP contribution in [0.3, 0.4) is 0 Å². The molecule has 4 heteroatoms.